The van der Waals surface area contributed by atoms with Crippen LogP contribution >= 0.6 is 0 Å². The van der Waals surface area contributed by atoms with E-state index in [2.05, 4.69) is 25.5 Å². The Labute approximate surface area is 167 Å². The number of nitrogens with zero attached hydrogens (tertiary/aromatic N) is 4. The lowest BCUT2D eigenvalue weighted by atomic mass is 10.1. The van der Waals surface area contributed by atoms with E-state index in [0.29, 0.717) is 47.9 Å². The van der Waals surface area contributed by atoms with E-state index in [1.54, 1.807) is 23.2 Å². The standard InChI is InChI=1S/C20H20N6O3/c1-29-19-13(11-22-18(27)16-5-8-23-25-16)10-15-17(24-19)12-26(20(15)28)9-6-14-4-2-3-7-21-14/h2-5,7-8,10H,6,9,11-12H2,1H3,(H,22,27)(H,23,25). The molecule has 0 spiro atoms. The predicted octanol–water partition coefficient (Wildman–Crippen LogP) is 1.34. The first-order valence-corrected chi connectivity index (χ1v) is 9.19. The third-order valence-corrected chi connectivity index (χ3v) is 4.74. The van der Waals surface area contributed by atoms with Gasteiger partial charge in [0.25, 0.3) is 11.8 Å². The van der Waals surface area contributed by atoms with Gasteiger partial charge in [-0.2, -0.15) is 5.10 Å². The highest BCUT2D eigenvalue weighted by Gasteiger charge is 2.30. The van der Waals surface area contributed by atoms with Crippen molar-refractivity contribution in [3.8, 4) is 5.88 Å². The second-order valence-electron chi connectivity index (χ2n) is 6.60. The molecular weight excluding hydrogens is 372 g/mol. The van der Waals surface area contributed by atoms with Crippen molar-refractivity contribution >= 4 is 11.8 Å². The Morgan fingerprint density at radius 3 is 2.93 bits per heavy atom. The van der Waals surface area contributed by atoms with E-state index in [0.717, 1.165) is 5.69 Å². The molecule has 0 bridgehead atoms. The summed E-state index contributed by atoms with van der Waals surface area (Å²) in [7, 11) is 1.52. The summed E-state index contributed by atoms with van der Waals surface area (Å²) in [5.41, 5.74) is 3.15. The number of pyridine rings is 2. The first-order valence-electron chi connectivity index (χ1n) is 9.19. The van der Waals surface area contributed by atoms with Crippen molar-refractivity contribution in [2.24, 2.45) is 0 Å². The lowest BCUT2D eigenvalue weighted by Crippen LogP contribution is -2.26. The number of aromatic amines is 1. The summed E-state index contributed by atoms with van der Waals surface area (Å²) in [5.74, 6) is 0.0219. The minimum absolute atomic E-state index is 0.0766. The van der Waals surface area contributed by atoms with Crippen LogP contribution in [0.25, 0.3) is 0 Å². The van der Waals surface area contributed by atoms with Gasteiger partial charge in [0, 0.05) is 43.2 Å². The Hall–Kier alpha value is -3.75. The molecule has 3 aromatic rings. The molecule has 0 saturated heterocycles. The maximum absolute atomic E-state index is 12.8. The second-order valence-corrected chi connectivity index (χ2v) is 6.60. The quantitative estimate of drug-likeness (QED) is 0.627. The van der Waals surface area contributed by atoms with Gasteiger partial charge >= 0.3 is 0 Å². The van der Waals surface area contributed by atoms with E-state index in [9.17, 15) is 9.59 Å². The van der Waals surface area contributed by atoms with E-state index < -0.39 is 0 Å². The van der Waals surface area contributed by atoms with Crippen molar-refractivity contribution in [3.63, 3.8) is 0 Å². The lowest BCUT2D eigenvalue weighted by molar-refractivity contribution is 0.0779. The number of aromatic nitrogens is 4. The molecule has 0 saturated carbocycles. The molecule has 0 aliphatic carbocycles. The number of H-pyrrole nitrogens is 1. The molecule has 4 rings (SSSR count). The maximum Gasteiger partial charge on any atom is 0.269 e. The predicted molar refractivity (Wildman–Crippen MR) is 103 cm³/mol. The Balaban J connectivity index is 1.46. The molecule has 3 aromatic heterocycles. The average Bonchev–Trinajstić information content (AvgIpc) is 3.39. The van der Waals surface area contributed by atoms with Crippen molar-refractivity contribution < 1.29 is 14.3 Å². The largest absolute Gasteiger partial charge is 0.481 e. The second kappa shape index (κ2) is 8.09. The number of nitrogens with one attached hydrogen (secondary N) is 2. The van der Waals surface area contributed by atoms with Crippen LogP contribution in [0.3, 0.4) is 0 Å². The van der Waals surface area contributed by atoms with E-state index >= 15 is 0 Å². The highest BCUT2D eigenvalue weighted by atomic mass is 16.5. The van der Waals surface area contributed by atoms with Crippen molar-refractivity contribution in [1.82, 2.24) is 30.4 Å². The highest BCUT2D eigenvalue weighted by molar-refractivity contribution is 5.98. The number of fused-ring (bicyclic) bond motifs is 1. The fourth-order valence-electron chi connectivity index (χ4n) is 3.24. The summed E-state index contributed by atoms with van der Waals surface area (Å²) < 4.78 is 5.37. The third kappa shape index (κ3) is 3.93. The van der Waals surface area contributed by atoms with Crippen molar-refractivity contribution in [2.45, 2.75) is 19.5 Å². The van der Waals surface area contributed by atoms with E-state index in [1.165, 1.54) is 13.3 Å². The number of hydrogen-bond acceptors (Lipinski definition) is 6. The smallest absolute Gasteiger partial charge is 0.269 e. The number of carbonyl (C=O) groups is 2. The molecule has 1 aliphatic rings. The van der Waals surface area contributed by atoms with Gasteiger partial charge in [-0.3, -0.25) is 19.7 Å². The zero-order valence-corrected chi connectivity index (χ0v) is 15.9. The molecule has 9 nitrogen and oxygen atoms in total. The maximum atomic E-state index is 12.8. The first-order chi connectivity index (χ1) is 14.2. The van der Waals surface area contributed by atoms with Gasteiger partial charge in [0.2, 0.25) is 5.88 Å². The molecule has 0 unspecified atom stereocenters. The Bertz CT molecular complexity index is 1020. The van der Waals surface area contributed by atoms with Crippen LogP contribution in [0.1, 0.15) is 37.8 Å². The third-order valence-electron chi connectivity index (χ3n) is 4.74. The Kier molecular flexibility index (Phi) is 5.19. The normalized spacial score (nSPS) is 12.7. The summed E-state index contributed by atoms with van der Waals surface area (Å²) in [5, 5.41) is 9.14. The minimum atomic E-state index is -0.298. The van der Waals surface area contributed by atoms with Gasteiger partial charge < -0.3 is 15.0 Å². The fourth-order valence-corrected chi connectivity index (χ4v) is 3.24. The number of carbonyl (C=O) groups excluding carboxylic acids is 2. The molecule has 2 amide bonds. The van der Waals surface area contributed by atoms with E-state index in [1.807, 2.05) is 18.2 Å². The topological polar surface area (TPSA) is 113 Å². The molecular formula is C20H20N6O3. The van der Waals surface area contributed by atoms with Crippen LogP contribution in [0.15, 0.2) is 42.7 Å². The summed E-state index contributed by atoms with van der Waals surface area (Å²) in [6.07, 6.45) is 3.92. The summed E-state index contributed by atoms with van der Waals surface area (Å²) in [6.45, 7) is 1.17. The van der Waals surface area contributed by atoms with Crippen molar-refractivity contribution in [2.75, 3.05) is 13.7 Å². The highest BCUT2D eigenvalue weighted by Crippen LogP contribution is 2.27. The molecule has 0 aromatic carbocycles. The summed E-state index contributed by atoms with van der Waals surface area (Å²) in [6, 6.07) is 9.06. The lowest BCUT2D eigenvalue weighted by Gasteiger charge is -2.14. The molecule has 1 aliphatic heterocycles. The van der Waals surface area contributed by atoms with Crippen LogP contribution in [0.4, 0.5) is 0 Å². The molecule has 29 heavy (non-hydrogen) atoms. The number of methoxy groups -OCH3 is 1. The molecule has 0 atom stereocenters. The number of hydrogen-bond donors (Lipinski definition) is 2. The molecule has 0 fully saturated rings. The van der Waals surface area contributed by atoms with Gasteiger partial charge in [-0.15, -0.1) is 0 Å². The van der Waals surface area contributed by atoms with Gasteiger partial charge in [0.1, 0.15) is 5.69 Å². The number of rotatable bonds is 7. The Morgan fingerprint density at radius 2 is 2.21 bits per heavy atom. The van der Waals surface area contributed by atoms with Gasteiger partial charge in [-0.1, -0.05) is 6.07 Å². The summed E-state index contributed by atoms with van der Waals surface area (Å²) in [4.78, 5) is 35.5. The van der Waals surface area contributed by atoms with E-state index in [-0.39, 0.29) is 18.4 Å². The van der Waals surface area contributed by atoms with Crippen LogP contribution in [0.2, 0.25) is 0 Å². The Morgan fingerprint density at radius 1 is 1.31 bits per heavy atom. The zero-order valence-electron chi connectivity index (χ0n) is 15.9. The molecule has 4 heterocycles. The van der Waals surface area contributed by atoms with Crippen LogP contribution < -0.4 is 10.1 Å². The van der Waals surface area contributed by atoms with Crippen LogP contribution in [0.5, 0.6) is 5.88 Å². The SMILES string of the molecule is COc1nc2c(cc1CNC(=O)c1ccn[nH]1)C(=O)N(CCc1ccccn1)C2. The van der Waals surface area contributed by atoms with Gasteiger partial charge in [-0.05, 0) is 24.3 Å². The molecule has 2 N–H and O–H groups in total. The van der Waals surface area contributed by atoms with Gasteiger partial charge in [-0.25, -0.2) is 4.98 Å². The minimum Gasteiger partial charge on any atom is -0.481 e. The van der Waals surface area contributed by atoms with E-state index in [4.69, 9.17) is 4.74 Å². The van der Waals surface area contributed by atoms with Crippen LogP contribution in [-0.2, 0) is 19.5 Å². The zero-order chi connectivity index (χ0) is 20.2. The fraction of sp³-hybridized carbons (Fsp3) is 0.250. The number of ether oxygens (including phenoxy) is 1. The van der Waals surface area contributed by atoms with Crippen molar-refractivity contribution in [3.05, 3.63) is 70.9 Å². The average molecular weight is 392 g/mol. The molecule has 9 heteroatoms. The number of amides is 2. The van der Waals surface area contributed by atoms with Crippen LogP contribution in [-0.4, -0.2) is 50.5 Å². The molecule has 148 valence electrons. The van der Waals surface area contributed by atoms with Crippen molar-refractivity contribution in [1.29, 1.82) is 0 Å². The first kappa shape index (κ1) is 18.6. The monoisotopic (exact) mass is 392 g/mol. The van der Waals surface area contributed by atoms with Gasteiger partial charge in [0.15, 0.2) is 0 Å². The molecule has 0 radical (unpaired) electrons. The van der Waals surface area contributed by atoms with Gasteiger partial charge in [0.05, 0.1) is 24.9 Å². The van der Waals surface area contributed by atoms with Crippen LogP contribution in [0, 0.1) is 0 Å². The summed E-state index contributed by atoms with van der Waals surface area (Å²) >= 11 is 0.